The van der Waals surface area contributed by atoms with E-state index in [4.69, 9.17) is 5.73 Å². The van der Waals surface area contributed by atoms with Crippen LogP contribution >= 0.6 is 31.9 Å². The Labute approximate surface area is 107 Å². The molecule has 0 heterocycles. The van der Waals surface area contributed by atoms with Crippen molar-refractivity contribution in [3.63, 3.8) is 0 Å². The summed E-state index contributed by atoms with van der Waals surface area (Å²) in [5.41, 5.74) is 6.78. The number of hydrogen-bond acceptors (Lipinski definition) is 2. The molecule has 0 bridgehead atoms. The van der Waals surface area contributed by atoms with E-state index in [1.165, 1.54) is 0 Å². The van der Waals surface area contributed by atoms with Crippen LogP contribution < -0.4 is 5.73 Å². The van der Waals surface area contributed by atoms with Crippen molar-refractivity contribution in [1.29, 1.82) is 0 Å². The summed E-state index contributed by atoms with van der Waals surface area (Å²) in [6.07, 6.45) is 0. The Morgan fingerprint density at radius 3 is 2.20 bits per heavy atom. The molecule has 15 heavy (non-hydrogen) atoms. The van der Waals surface area contributed by atoms with Gasteiger partial charge in [-0.1, -0.05) is 52.6 Å². The van der Waals surface area contributed by atoms with Gasteiger partial charge in [-0.2, -0.15) is 0 Å². The molecular formula is C11H15Br2NO. The number of nitrogens with two attached hydrogens (primary N) is 1. The molecule has 0 fully saturated rings. The number of rotatable bonds is 1. The maximum absolute atomic E-state index is 9.87. The minimum Gasteiger partial charge on any atom is -0.508 e. The molecule has 0 aliphatic heterocycles. The van der Waals surface area contributed by atoms with E-state index in [0.717, 1.165) is 14.5 Å². The van der Waals surface area contributed by atoms with E-state index in [0.29, 0.717) is 0 Å². The molecule has 1 atom stereocenters. The smallest absolute Gasteiger partial charge is 0.122 e. The zero-order valence-electron chi connectivity index (χ0n) is 9.01. The molecule has 1 rings (SSSR count). The van der Waals surface area contributed by atoms with Crippen molar-refractivity contribution < 1.29 is 5.11 Å². The topological polar surface area (TPSA) is 46.2 Å². The van der Waals surface area contributed by atoms with Crippen molar-refractivity contribution >= 4 is 31.9 Å². The van der Waals surface area contributed by atoms with Gasteiger partial charge in [-0.15, -0.1) is 0 Å². The average molecular weight is 337 g/mol. The third kappa shape index (κ3) is 2.95. The highest BCUT2D eigenvalue weighted by Gasteiger charge is 2.26. The van der Waals surface area contributed by atoms with Gasteiger partial charge >= 0.3 is 0 Å². The number of hydrogen-bond donors (Lipinski definition) is 2. The van der Waals surface area contributed by atoms with Crippen molar-refractivity contribution in [2.24, 2.45) is 11.1 Å². The van der Waals surface area contributed by atoms with Crippen LogP contribution in [0, 0.1) is 5.41 Å². The van der Waals surface area contributed by atoms with E-state index < -0.39 is 0 Å². The Balaban J connectivity index is 3.26. The molecule has 4 heteroatoms. The van der Waals surface area contributed by atoms with E-state index in [1.54, 1.807) is 6.07 Å². The maximum atomic E-state index is 9.87. The van der Waals surface area contributed by atoms with Gasteiger partial charge in [0.05, 0.1) is 0 Å². The third-order valence-electron chi connectivity index (χ3n) is 2.32. The molecular weight excluding hydrogens is 322 g/mol. The van der Waals surface area contributed by atoms with Crippen LogP contribution in [0.3, 0.4) is 0 Å². The van der Waals surface area contributed by atoms with Crippen molar-refractivity contribution in [3.8, 4) is 5.75 Å². The molecule has 2 nitrogen and oxygen atoms in total. The summed E-state index contributed by atoms with van der Waals surface area (Å²) in [6, 6.07) is 3.34. The molecule has 0 aromatic heterocycles. The Morgan fingerprint density at radius 1 is 1.27 bits per heavy atom. The Bertz CT molecular complexity index is 348. The predicted molar refractivity (Wildman–Crippen MR) is 69.9 cm³/mol. The first-order chi connectivity index (χ1) is 6.73. The molecule has 84 valence electrons. The molecule has 3 N–H and O–H groups in total. The van der Waals surface area contributed by atoms with Crippen molar-refractivity contribution in [2.75, 3.05) is 0 Å². The summed E-state index contributed by atoms with van der Waals surface area (Å²) in [6.45, 7) is 6.14. The quantitative estimate of drug-likeness (QED) is 0.815. The first-order valence-electron chi connectivity index (χ1n) is 4.67. The molecule has 0 saturated heterocycles. The maximum Gasteiger partial charge on any atom is 0.122 e. The summed E-state index contributed by atoms with van der Waals surface area (Å²) in [7, 11) is 0. The first-order valence-corrected chi connectivity index (χ1v) is 6.25. The van der Waals surface area contributed by atoms with Gasteiger partial charge in [0.1, 0.15) is 5.75 Å². The minimum absolute atomic E-state index is 0.0895. The van der Waals surface area contributed by atoms with E-state index >= 15 is 0 Å². The highest BCUT2D eigenvalue weighted by atomic mass is 79.9. The van der Waals surface area contributed by atoms with Gasteiger partial charge in [-0.25, -0.2) is 0 Å². The Morgan fingerprint density at radius 2 is 1.80 bits per heavy atom. The fraction of sp³-hybridized carbons (Fsp3) is 0.455. The van der Waals surface area contributed by atoms with Gasteiger partial charge < -0.3 is 10.8 Å². The van der Waals surface area contributed by atoms with Gasteiger partial charge in [-0.3, -0.25) is 0 Å². The number of halogens is 2. The number of phenols is 1. The summed E-state index contributed by atoms with van der Waals surface area (Å²) >= 11 is 6.74. The summed E-state index contributed by atoms with van der Waals surface area (Å²) < 4.78 is 1.66. The van der Waals surface area contributed by atoms with E-state index in [-0.39, 0.29) is 17.2 Å². The largest absolute Gasteiger partial charge is 0.508 e. The van der Waals surface area contributed by atoms with E-state index in [9.17, 15) is 5.11 Å². The zero-order chi connectivity index (χ0) is 11.8. The predicted octanol–water partition coefficient (Wildman–Crippen LogP) is 3.96. The lowest BCUT2D eigenvalue weighted by Crippen LogP contribution is -2.26. The van der Waals surface area contributed by atoms with Gasteiger partial charge in [0.15, 0.2) is 0 Å². The Kier molecular flexibility index (Phi) is 3.85. The van der Waals surface area contributed by atoms with Crippen LogP contribution in [0.25, 0.3) is 0 Å². The summed E-state index contributed by atoms with van der Waals surface area (Å²) in [5.74, 6) is 0.221. The van der Waals surface area contributed by atoms with Crippen molar-refractivity contribution in [3.05, 3.63) is 26.6 Å². The molecule has 1 aromatic rings. The Hall–Kier alpha value is -0.0600. The van der Waals surface area contributed by atoms with Crippen molar-refractivity contribution in [1.82, 2.24) is 0 Å². The molecule has 1 aromatic carbocycles. The van der Waals surface area contributed by atoms with Crippen LogP contribution in [0.15, 0.2) is 21.1 Å². The molecule has 0 amide bonds. The minimum atomic E-state index is -0.208. The standard InChI is InChI=1S/C11H15Br2NO/c1-11(2,3)10(14)9-7(13)4-6(12)5-8(9)15/h4-5,10,15H,14H2,1-3H3/t10-/m0/s1. The van der Waals surface area contributed by atoms with E-state index in [1.807, 2.05) is 26.8 Å². The van der Waals surface area contributed by atoms with Gasteiger partial charge in [0.25, 0.3) is 0 Å². The molecule has 0 saturated carbocycles. The molecule has 0 aliphatic carbocycles. The van der Waals surface area contributed by atoms with Crippen LogP contribution in [0.4, 0.5) is 0 Å². The van der Waals surface area contributed by atoms with Gasteiger partial charge in [0.2, 0.25) is 0 Å². The second kappa shape index (κ2) is 4.44. The van der Waals surface area contributed by atoms with Crippen LogP contribution in [-0.4, -0.2) is 5.11 Å². The van der Waals surface area contributed by atoms with E-state index in [2.05, 4.69) is 31.9 Å². The average Bonchev–Trinajstić information content (AvgIpc) is 1.99. The first kappa shape index (κ1) is 13.0. The van der Waals surface area contributed by atoms with Crippen molar-refractivity contribution in [2.45, 2.75) is 26.8 Å². The molecule has 0 spiro atoms. The second-order valence-electron chi connectivity index (χ2n) is 4.66. The molecule has 0 unspecified atom stereocenters. The monoisotopic (exact) mass is 335 g/mol. The van der Waals surface area contributed by atoms with Crippen LogP contribution in [-0.2, 0) is 0 Å². The highest BCUT2D eigenvalue weighted by Crippen LogP contribution is 2.40. The normalized spacial score (nSPS) is 14.0. The second-order valence-corrected chi connectivity index (χ2v) is 6.43. The number of aromatic hydroxyl groups is 1. The molecule has 0 aliphatic rings. The SMILES string of the molecule is CC(C)(C)[C@@H](N)c1c(O)cc(Br)cc1Br. The van der Waals surface area contributed by atoms with Crippen LogP contribution in [0.5, 0.6) is 5.75 Å². The lowest BCUT2D eigenvalue weighted by atomic mass is 9.83. The number of phenolic OH excluding ortho intramolecular Hbond substituents is 1. The molecule has 0 radical (unpaired) electrons. The highest BCUT2D eigenvalue weighted by molar-refractivity contribution is 9.11. The van der Waals surface area contributed by atoms with Crippen LogP contribution in [0.2, 0.25) is 0 Å². The van der Waals surface area contributed by atoms with Gasteiger partial charge in [-0.05, 0) is 17.5 Å². The fourth-order valence-electron chi connectivity index (χ4n) is 1.31. The summed E-state index contributed by atoms with van der Waals surface area (Å²) in [5, 5.41) is 9.87. The summed E-state index contributed by atoms with van der Waals surface area (Å²) in [4.78, 5) is 0. The van der Waals surface area contributed by atoms with Crippen LogP contribution in [0.1, 0.15) is 32.4 Å². The lowest BCUT2D eigenvalue weighted by molar-refractivity contribution is 0.316. The van der Waals surface area contributed by atoms with Gasteiger partial charge in [0, 0.05) is 20.6 Å². The fourth-order valence-corrected chi connectivity index (χ4v) is 2.76. The number of benzene rings is 1. The zero-order valence-corrected chi connectivity index (χ0v) is 12.2. The lowest BCUT2D eigenvalue weighted by Gasteiger charge is -2.28. The third-order valence-corrected chi connectivity index (χ3v) is 3.43.